The third kappa shape index (κ3) is 7.72. The van der Waals surface area contributed by atoms with E-state index in [2.05, 4.69) is 6.07 Å². The van der Waals surface area contributed by atoms with Crippen molar-refractivity contribution in [2.45, 2.75) is 46.1 Å². The lowest BCUT2D eigenvalue weighted by atomic mass is 9.96. The zero-order chi connectivity index (χ0) is 27.6. The minimum absolute atomic E-state index is 0.0419. The molecule has 2 amide bonds. The van der Waals surface area contributed by atoms with Gasteiger partial charge in [0.15, 0.2) is 11.5 Å². The summed E-state index contributed by atoms with van der Waals surface area (Å²) in [5.41, 5.74) is 6.76. The van der Waals surface area contributed by atoms with E-state index in [1.54, 1.807) is 64.3 Å². The highest BCUT2D eigenvalue weighted by atomic mass is 16.6. The van der Waals surface area contributed by atoms with Crippen molar-refractivity contribution in [1.82, 2.24) is 0 Å². The molecule has 0 unspecified atom stereocenters. The van der Waals surface area contributed by atoms with Crippen LogP contribution in [0.2, 0.25) is 0 Å². The lowest BCUT2D eigenvalue weighted by Crippen LogP contribution is -2.41. The molecule has 0 aromatic heterocycles. The summed E-state index contributed by atoms with van der Waals surface area (Å²) in [5, 5.41) is 9.56. The first-order chi connectivity index (χ1) is 17.6. The molecule has 0 aliphatic heterocycles. The Balaban J connectivity index is 2.69. The number of ether oxygens (including phenoxy) is 4. The molecule has 0 aliphatic carbocycles. The molecule has 198 valence electrons. The van der Waals surface area contributed by atoms with Crippen molar-refractivity contribution in [2.24, 2.45) is 5.73 Å². The molecule has 2 rings (SSSR count). The van der Waals surface area contributed by atoms with Crippen molar-refractivity contribution in [3.63, 3.8) is 0 Å². The smallest absolute Gasteiger partial charge is 0.421 e. The Labute approximate surface area is 218 Å². The van der Waals surface area contributed by atoms with E-state index < -0.39 is 17.6 Å². The van der Waals surface area contributed by atoms with Crippen molar-refractivity contribution in [2.75, 3.05) is 32.3 Å². The van der Waals surface area contributed by atoms with Crippen LogP contribution in [0.25, 0.3) is 5.57 Å². The van der Waals surface area contributed by atoms with E-state index >= 15 is 0 Å². The van der Waals surface area contributed by atoms with Crippen LogP contribution in [0.4, 0.5) is 10.5 Å². The number of nitriles is 1. The lowest BCUT2D eigenvalue weighted by molar-refractivity contribution is -0.118. The molecule has 2 aromatic rings. The van der Waals surface area contributed by atoms with Gasteiger partial charge >= 0.3 is 6.09 Å². The number of carbonyl (C=O) groups is 2. The van der Waals surface area contributed by atoms with Crippen LogP contribution in [0.3, 0.4) is 0 Å². The minimum atomic E-state index is -0.834. The number of anilines is 1. The van der Waals surface area contributed by atoms with Gasteiger partial charge in [0, 0.05) is 12.5 Å². The van der Waals surface area contributed by atoms with E-state index in [-0.39, 0.29) is 17.9 Å². The number of rotatable bonds is 10. The molecule has 0 saturated heterocycles. The molecule has 0 atom stereocenters. The lowest BCUT2D eigenvalue weighted by Gasteiger charge is -2.27. The van der Waals surface area contributed by atoms with Gasteiger partial charge in [0.25, 0.3) is 0 Å². The molecule has 0 heterocycles. The van der Waals surface area contributed by atoms with Crippen LogP contribution in [0, 0.1) is 11.3 Å². The van der Waals surface area contributed by atoms with E-state index in [9.17, 15) is 14.9 Å². The third-order valence-electron chi connectivity index (χ3n) is 5.13. The molecule has 9 nitrogen and oxygen atoms in total. The Hall–Kier alpha value is -4.03. The molecule has 0 saturated carbocycles. The van der Waals surface area contributed by atoms with Gasteiger partial charge in [-0.2, -0.15) is 5.26 Å². The molecular weight excluding hydrogens is 474 g/mol. The highest BCUT2D eigenvalue weighted by molar-refractivity contribution is 6.13. The normalized spacial score (nSPS) is 11.4. The Morgan fingerprint density at radius 2 is 1.65 bits per heavy atom. The summed E-state index contributed by atoms with van der Waals surface area (Å²) in [6.45, 7) is 7.73. The zero-order valence-electron chi connectivity index (χ0n) is 22.3. The second-order valence-corrected chi connectivity index (χ2v) is 8.97. The summed E-state index contributed by atoms with van der Waals surface area (Å²) < 4.78 is 22.1. The molecule has 0 radical (unpaired) electrons. The fourth-order valence-electron chi connectivity index (χ4n) is 3.55. The van der Waals surface area contributed by atoms with Gasteiger partial charge in [0.2, 0.25) is 5.91 Å². The van der Waals surface area contributed by atoms with Crippen molar-refractivity contribution in [3.8, 4) is 23.3 Å². The maximum absolute atomic E-state index is 13.2. The zero-order valence-corrected chi connectivity index (χ0v) is 22.3. The average Bonchev–Trinajstić information content (AvgIpc) is 2.85. The van der Waals surface area contributed by atoms with Crippen molar-refractivity contribution in [3.05, 3.63) is 53.6 Å². The maximum Gasteiger partial charge on any atom is 0.421 e. The Morgan fingerprint density at radius 3 is 2.19 bits per heavy atom. The number of hydrogen-bond donors (Lipinski definition) is 1. The second kappa shape index (κ2) is 13.3. The molecule has 0 spiro atoms. The van der Waals surface area contributed by atoms with Gasteiger partial charge in [-0.1, -0.05) is 12.1 Å². The van der Waals surface area contributed by atoms with Gasteiger partial charge in [-0.25, -0.2) is 9.69 Å². The second-order valence-electron chi connectivity index (χ2n) is 8.97. The number of nitrogens with zero attached hydrogens (tertiary/aromatic N) is 2. The predicted octanol–water partition coefficient (Wildman–Crippen LogP) is 5.06. The average molecular weight is 510 g/mol. The van der Waals surface area contributed by atoms with Crippen LogP contribution >= 0.6 is 0 Å². The number of hydrogen-bond acceptors (Lipinski definition) is 8. The summed E-state index contributed by atoms with van der Waals surface area (Å²) in [7, 11) is 2.99. The Kier molecular flexibility index (Phi) is 10.5. The van der Waals surface area contributed by atoms with Crippen LogP contribution in [-0.2, 0) is 9.53 Å². The molecule has 2 N–H and O–H groups in total. The quantitative estimate of drug-likeness (QED) is 0.441. The number of amides is 2. The molecule has 37 heavy (non-hydrogen) atoms. The van der Waals surface area contributed by atoms with Gasteiger partial charge in [-0.15, -0.1) is 0 Å². The third-order valence-corrected chi connectivity index (χ3v) is 5.13. The molecular formula is C28H35N3O6. The van der Waals surface area contributed by atoms with E-state index in [1.807, 2.05) is 6.92 Å². The minimum Gasteiger partial charge on any atom is -0.495 e. The van der Waals surface area contributed by atoms with Gasteiger partial charge in [-0.3, -0.25) is 4.79 Å². The number of nitrogens with two attached hydrogens (primary N) is 1. The van der Waals surface area contributed by atoms with E-state index in [1.165, 1.54) is 13.2 Å². The van der Waals surface area contributed by atoms with E-state index in [0.717, 1.165) is 4.90 Å². The summed E-state index contributed by atoms with van der Waals surface area (Å²) in [6.07, 6.45) is 0.988. The highest BCUT2D eigenvalue weighted by Crippen LogP contribution is 2.37. The SMILES string of the molecule is CCOc1cc(/C(=C\C#N)c2ccc(OC)c(N(C(=O)CCCN)C(=O)OC(C)(C)C)c2)ccc1OC. The fraction of sp³-hybridized carbons (Fsp3) is 0.393. The van der Waals surface area contributed by atoms with Gasteiger partial charge in [0.05, 0.1) is 32.6 Å². The molecule has 9 heteroatoms. The molecule has 2 aromatic carbocycles. The number of imide groups is 1. The van der Waals surface area contributed by atoms with Crippen LogP contribution in [-0.4, -0.2) is 45.0 Å². The van der Waals surface area contributed by atoms with E-state index in [4.69, 9.17) is 24.7 Å². The monoisotopic (exact) mass is 509 g/mol. The first-order valence-electron chi connectivity index (χ1n) is 12.0. The first-order valence-corrected chi connectivity index (χ1v) is 12.0. The Bertz CT molecular complexity index is 1180. The molecule has 0 aliphatic rings. The summed E-state index contributed by atoms with van der Waals surface area (Å²) in [6, 6.07) is 12.4. The highest BCUT2D eigenvalue weighted by Gasteiger charge is 2.31. The number of allylic oxidation sites excluding steroid dienone is 1. The van der Waals surface area contributed by atoms with Gasteiger partial charge in [-0.05, 0) is 81.6 Å². The largest absolute Gasteiger partial charge is 0.495 e. The van der Waals surface area contributed by atoms with Crippen LogP contribution in [0.5, 0.6) is 17.2 Å². The Morgan fingerprint density at radius 1 is 1.03 bits per heavy atom. The summed E-state index contributed by atoms with van der Waals surface area (Å²) in [4.78, 5) is 27.3. The standard InChI is InChI=1S/C28H35N3O6/c1-7-36-25-18-20(11-13-24(25)35-6)21(14-16-30)19-10-12-23(34-5)22(17-19)31(26(32)9-8-15-29)27(33)37-28(2,3)4/h10-14,17-18H,7-9,15,29H2,1-6H3/b21-14-. The maximum atomic E-state index is 13.2. The summed E-state index contributed by atoms with van der Waals surface area (Å²) in [5.74, 6) is 0.882. The van der Waals surface area contributed by atoms with Crippen LogP contribution in [0.1, 0.15) is 51.7 Å². The van der Waals surface area contributed by atoms with Gasteiger partial charge < -0.3 is 24.7 Å². The molecule has 0 fully saturated rings. The fourth-order valence-corrected chi connectivity index (χ4v) is 3.55. The van der Waals surface area contributed by atoms with Crippen molar-refractivity contribution >= 4 is 23.3 Å². The predicted molar refractivity (Wildman–Crippen MR) is 142 cm³/mol. The van der Waals surface area contributed by atoms with E-state index in [0.29, 0.717) is 47.8 Å². The van der Waals surface area contributed by atoms with Crippen molar-refractivity contribution in [1.29, 1.82) is 5.26 Å². The van der Waals surface area contributed by atoms with Crippen LogP contribution < -0.4 is 24.8 Å². The first kappa shape index (κ1) is 29.2. The van der Waals surface area contributed by atoms with Crippen molar-refractivity contribution < 1.29 is 28.5 Å². The summed E-state index contributed by atoms with van der Waals surface area (Å²) >= 11 is 0. The van der Waals surface area contributed by atoms with Crippen LogP contribution in [0.15, 0.2) is 42.5 Å². The molecule has 0 bridgehead atoms. The number of carbonyl (C=O) groups excluding carboxylic acids is 2. The van der Waals surface area contributed by atoms with Gasteiger partial charge in [0.1, 0.15) is 11.4 Å². The number of benzene rings is 2. The topological polar surface area (TPSA) is 124 Å². The number of methoxy groups -OCH3 is 2.